The lowest BCUT2D eigenvalue weighted by Crippen LogP contribution is -2.42. The summed E-state index contributed by atoms with van der Waals surface area (Å²) in [5.74, 6) is -0.331. The molecule has 0 saturated heterocycles. The number of hydrogen-bond donors (Lipinski definition) is 1. The topological polar surface area (TPSA) is 50.7 Å². The SMILES string of the molecule is CCOC(=O)[C@]1(c2ccccc2)NN=C(c2ccc(C)cc2)S1. The van der Waals surface area contributed by atoms with E-state index in [4.69, 9.17) is 4.74 Å². The summed E-state index contributed by atoms with van der Waals surface area (Å²) in [5.41, 5.74) is 6.01. The van der Waals surface area contributed by atoms with Gasteiger partial charge in [-0.2, -0.15) is 5.10 Å². The minimum Gasteiger partial charge on any atom is -0.463 e. The maximum absolute atomic E-state index is 12.6. The molecule has 0 radical (unpaired) electrons. The van der Waals surface area contributed by atoms with Gasteiger partial charge in [-0.15, -0.1) is 0 Å². The van der Waals surface area contributed by atoms with E-state index in [1.54, 1.807) is 6.92 Å². The first-order valence-corrected chi connectivity index (χ1v) is 8.31. The van der Waals surface area contributed by atoms with Gasteiger partial charge in [0.15, 0.2) is 0 Å². The Morgan fingerprint density at radius 1 is 1.17 bits per heavy atom. The zero-order chi connectivity index (χ0) is 16.3. The second kappa shape index (κ2) is 6.46. The lowest BCUT2D eigenvalue weighted by Gasteiger charge is -2.25. The van der Waals surface area contributed by atoms with Crippen LogP contribution in [0.4, 0.5) is 0 Å². The smallest absolute Gasteiger partial charge is 0.349 e. The Kier molecular flexibility index (Phi) is 4.39. The summed E-state index contributed by atoms with van der Waals surface area (Å²) in [4.78, 5) is 11.6. The van der Waals surface area contributed by atoms with Crippen molar-refractivity contribution in [2.24, 2.45) is 5.10 Å². The van der Waals surface area contributed by atoms with Crippen LogP contribution in [0.3, 0.4) is 0 Å². The highest BCUT2D eigenvalue weighted by Gasteiger charge is 2.47. The second-order valence-electron chi connectivity index (χ2n) is 5.26. The summed E-state index contributed by atoms with van der Waals surface area (Å²) in [6, 6.07) is 17.6. The van der Waals surface area contributed by atoms with E-state index in [0.717, 1.165) is 16.2 Å². The first kappa shape index (κ1) is 15.6. The Morgan fingerprint density at radius 3 is 2.52 bits per heavy atom. The lowest BCUT2D eigenvalue weighted by atomic mass is 10.1. The van der Waals surface area contributed by atoms with Crippen LogP contribution in [0.2, 0.25) is 0 Å². The van der Waals surface area contributed by atoms with Crippen LogP contribution in [0.25, 0.3) is 0 Å². The van der Waals surface area contributed by atoms with Gasteiger partial charge < -0.3 is 4.74 Å². The molecule has 0 fully saturated rings. The van der Waals surface area contributed by atoms with Crippen LogP contribution in [0, 0.1) is 6.92 Å². The van der Waals surface area contributed by atoms with Crippen molar-refractivity contribution >= 4 is 22.8 Å². The number of benzene rings is 2. The third kappa shape index (κ3) is 2.97. The largest absolute Gasteiger partial charge is 0.463 e. The van der Waals surface area contributed by atoms with Gasteiger partial charge in [-0.25, -0.2) is 4.79 Å². The quantitative estimate of drug-likeness (QED) is 0.875. The fraction of sp³-hybridized carbons (Fsp3) is 0.222. The molecule has 1 aliphatic heterocycles. The average Bonchev–Trinajstić information content (AvgIpc) is 3.03. The number of carbonyl (C=O) groups excluding carboxylic acids is 1. The molecular weight excluding hydrogens is 308 g/mol. The van der Waals surface area contributed by atoms with E-state index in [1.807, 2.05) is 61.5 Å². The number of esters is 1. The van der Waals surface area contributed by atoms with Crippen molar-refractivity contribution in [2.45, 2.75) is 18.7 Å². The van der Waals surface area contributed by atoms with Gasteiger partial charge in [0.05, 0.1) is 6.61 Å². The number of aryl methyl sites for hydroxylation is 1. The summed E-state index contributed by atoms with van der Waals surface area (Å²) in [6.45, 7) is 4.17. The predicted octanol–water partition coefficient (Wildman–Crippen LogP) is 3.41. The van der Waals surface area contributed by atoms with Gasteiger partial charge in [-0.05, 0) is 13.8 Å². The van der Waals surface area contributed by atoms with Crippen molar-refractivity contribution < 1.29 is 9.53 Å². The molecule has 1 heterocycles. The normalized spacial score (nSPS) is 19.8. The van der Waals surface area contributed by atoms with E-state index in [1.165, 1.54) is 17.3 Å². The van der Waals surface area contributed by atoms with Crippen LogP contribution >= 0.6 is 11.8 Å². The molecule has 0 spiro atoms. The molecule has 3 rings (SSSR count). The average molecular weight is 326 g/mol. The number of hydrazone groups is 1. The standard InChI is InChI=1S/C18H18N2O2S/c1-3-22-17(21)18(15-7-5-4-6-8-15)20-19-16(23-18)14-11-9-13(2)10-12-14/h4-12,20H,3H2,1-2H3/t18-/m1/s1. The third-order valence-electron chi connectivity index (χ3n) is 3.61. The number of carbonyl (C=O) groups is 1. The molecule has 1 aliphatic rings. The van der Waals surface area contributed by atoms with E-state index >= 15 is 0 Å². The Morgan fingerprint density at radius 2 is 1.87 bits per heavy atom. The summed E-state index contributed by atoms with van der Waals surface area (Å²) in [6.07, 6.45) is 0. The molecule has 2 aromatic carbocycles. The third-order valence-corrected chi connectivity index (χ3v) is 4.93. The van der Waals surface area contributed by atoms with Crippen LogP contribution in [0.1, 0.15) is 23.6 Å². The van der Waals surface area contributed by atoms with E-state index < -0.39 is 4.87 Å². The van der Waals surface area contributed by atoms with Crippen LogP contribution in [-0.2, 0) is 14.4 Å². The summed E-state index contributed by atoms with van der Waals surface area (Å²) < 4.78 is 5.29. The van der Waals surface area contributed by atoms with Gasteiger partial charge in [-0.1, -0.05) is 71.9 Å². The minimum absolute atomic E-state index is 0.329. The zero-order valence-electron chi connectivity index (χ0n) is 13.1. The maximum Gasteiger partial charge on any atom is 0.349 e. The minimum atomic E-state index is -1.03. The molecule has 2 aromatic rings. The number of hydrogen-bond acceptors (Lipinski definition) is 5. The van der Waals surface area contributed by atoms with Crippen molar-refractivity contribution in [2.75, 3.05) is 6.61 Å². The van der Waals surface area contributed by atoms with Crippen LogP contribution in [0.15, 0.2) is 59.7 Å². The van der Waals surface area contributed by atoms with Gasteiger partial charge >= 0.3 is 5.97 Å². The van der Waals surface area contributed by atoms with Crippen molar-refractivity contribution in [3.63, 3.8) is 0 Å². The molecule has 4 nitrogen and oxygen atoms in total. The molecule has 118 valence electrons. The van der Waals surface area contributed by atoms with Gasteiger partial charge in [-0.3, -0.25) is 5.43 Å². The number of rotatable bonds is 4. The Labute approximate surface area is 139 Å². The first-order valence-electron chi connectivity index (χ1n) is 7.49. The first-order chi connectivity index (χ1) is 11.2. The highest BCUT2D eigenvalue weighted by Crippen LogP contribution is 2.41. The summed E-state index contributed by atoms with van der Waals surface area (Å²) in [7, 11) is 0. The zero-order valence-corrected chi connectivity index (χ0v) is 13.9. The molecule has 5 heteroatoms. The fourth-order valence-corrected chi connectivity index (χ4v) is 3.50. The summed E-state index contributed by atoms with van der Waals surface area (Å²) >= 11 is 1.38. The molecule has 0 aliphatic carbocycles. The molecular formula is C18H18N2O2S. The molecule has 1 N–H and O–H groups in total. The van der Waals surface area contributed by atoms with Crippen molar-refractivity contribution in [3.05, 3.63) is 71.3 Å². The number of nitrogens with one attached hydrogen (secondary N) is 1. The van der Waals surface area contributed by atoms with E-state index in [-0.39, 0.29) is 5.97 Å². The molecule has 1 atom stereocenters. The van der Waals surface area contributed by atoms with Gasteiger partial charge in [0, 0.05) is 11.1 Å². The maximum atomic E-state index is 12.6. The second-order valence-corrected chi connectivity index (χ2v) is 6.47. The Hall–Kier alpha value is -2.27. The molecule has 23 heavy (non-hydrogen) atoms. The molecule has 0 bridgehead atoms. The predicted molar refractivity (Wildman–Crippen MR) is 93.2 cm³/mol. The van der Waals surface area contributed by atoms with Crippen molar-refractivity contribution in [1.82, 2.24) is 5.43 Å². The van der Waals surface area contributed by atoms with E-state index in [9.17, 15) is 4.79 Å². The van der Waals surface area contributed by atoms with Crippen molar-refractivity contribution in [1.29, 1.82) is 0 Å². The van der Waals surface area contributed by atoms with Gasteiger partial charge in [0.2, 0.25) is 4.87 Å². The fourth-order valence-electron chi connectivity index (χ4n) is 2.37. The van der Waals surface area contributed by atoms with Gasteiger partial charge in [0.25, 0.3) is 0 Å². The summed E-state index contributed by atoms with van der Waals surface area (Å²) in [5, 5.41) is 5.18. The Balaban J connectivity index is 1.94. The number of thioether (sulfide) groups is 1. The highest BCUT2D eigenvalue weighted by atomic mass is 32.2. The van der Waals surface area contributed by atoms with E-state index in [2.05, 4.69) is 10.5 Å². The van der Waals surface area contributed by atoms with Crippen molar-refractivity contribution in [3.8, 4) is 0 Å². The molecule has 0 saturated carbocycles. The van der Waals surface area contributed by atoms with Crippen LogP contribution in [-0.4, -0.2) is 17.6 Å². The van der Waals surface area contributed by atoms with E-state index in [0.29, 0.717) is 6.61 Å². The monoisotopic (exact) mass is 326 g/mol. The molecule has 0 unspecified atom stereocenters. The number of nitrogens with zero attached hydrogens (tertiary/aromatic N) is 1. The number of ether oxygens (including phenoxy) is 1. The molecule has 0 amide bonds. The molecule has 0 aromatic heterocycles. The lowest BCUT2D eigenvalue weighted by molar-refractivity contribution is -0.147. The Bertz CT molecular complexity index is 728. The van der Waals surface area contributed by atoms with Crippen LogP contribution in [0.5, 0.6) is 0 Å². The highest BCUT2D eigenvalue weighted by molar-refractivity contribution is 8.16. The van der Waals surface area contributed by atoms with Gasteiger partial charge in [0.1, 0.15) is 5.04 Å². The van der Waals surface area contributed by atoms with Crippen LogP contribution < -0.4 is 5.43 Å².